The van der Waals surface area contributed by atoms with Crippen molar-refractivity contribution in [3.63, 3.8) is 0 Å². The normalized spacial score (nSPS) is 11.3. The minimum absolute atomic E-state index is 0. The maximum atomic E-state index is 5.55. The van der Waals surface area contributed by atoms with Crippen LogP contribution in [0.5, 0.6) is 0 Å². The van der Waals surface area contributed by atoms with Gasteiger partial charge in [0.05, 0.1) is 22.9 Å². The number of rotatable bonds is 6. The number of aliphatic imine (C=N–C) groups is 1. The van der Waals surface area contributed by atoms with Crippen molar-refractivity contribution < 1.29 is 4.42 Å². The minimum atomic E-state index is 0. The largest absolute Gasteiger partial charge is 0.444 e. The standard InChI is InChI=1S/C16H25N5OS.HI/c1-6-13-12(4)23-15(21-13)7-8-18-16(17-5)19-9-14-20-10(2)11(3)22-14;/h6-9H2,1-5H3,(H2,17,18,19);1H. The van der Waals surface area contributed by atoms with Crippen LogP contribution in [0.3, 0.4) is 0 Å². The van der Waals surface area contributed by atoms with E-state index >= 15 is 0 Å². The number of oxazole rings is 1. The SMILES string of the molecule is CCc1nc(CCNC(=NC)NCc2nc(C)c(C)o2)sc1C.I. The molecule has 24 heavy (non-hydrogen) atoms. The first-order valence-corrected chi connectivity index (χ1v) is 8.67. The van der Waals surface area contributed by atoms with Crippen LogP contribution >= 0.6 is 35.3 Å². The van der Waals surface area contributed by atoms with Gasteiger partial charge in [0.2, 0.25) is 5.89 Å². The van der Waals surface area contributed by atoms with Crippen molar-refractivity contribution >= 4 is 41.3 Å². The van der Waals surface area contributed by atoms with Gasteiger partial charge in [-0.1, -0.05) is 6.92 Å². The molecule has 0 bridgehead atoms. The lowest BCUT2D eigenvalue weighted by molar-refractivity contribution is 0.464. The van der Waals surface area contributed by atoms with Crippen LogP contribution in [0.4, 0.5) is 0 Å². The molecule has 6 nitrogen and oxygen atoms in total. The van der Waals surface area contributed by atoms with Gasteiger partial charge in [0.1, 0.15) is 5.76 Å². The molecule has 0 aromatic carbocycles. The van der Waals surface area contributed by atoms with Gasteiger partial charge >= 0.3 is 0 Å². The Morgan fingerprint density at radius 2 is 1.96 bits per heavy atom. The second-order valence-corrected chi connectivity index (χ2v) is 6.60. The fraction of sp³-hybridized carbons (Fsp3) is 0.562. The summed E-state index contributed by atoms with van der Waals surface area (Å²) >= 11 is 1.78. The number of aryl methyl sites for hydroxylation is 4. The number of guanidine groups is 1. The van der Waals surface area contributed by atoms with Crippen molar-refractivity contribution in [1.82, 2.24) is 20.6 Å². The second kappa shape index (κ2) is 9.97. The summed E-state index contributed by atoms with van der Waals surface area (Å²) in [4.78, 5) is 14.5. The first kappa shape index (κ1) is 20.9. The molecule has 0 fully saturated rings. The lowest BCUT2D eigenvalue weighted by Gasteiger charge is -2.09. The fourth-order valence-corrected chi connectivity index (χ4v) is 3.23. The zero-order valence-electron chi connectivity index (χ0n) is 14.9. The Labute approximate surface area is 164 Å². The van der Waals surface area contributed by atoms with Gasteiger partial charge in [-0.15, -0.1) is 35.3 Å². The third-order valence-corrected chi connectivity index (χ3v) is 4.68. The van der Waals surface area contributed by atoms with Crippen LogP contribution in [0.2, 0.25) is 0 Å². The van der Waals surface area contributed by atoms with Crippen molar-refractivity contribution in [2.75, 3.05) is 13.6 Å². The smallest absolute Gasteiger partial charge is 0.214 e. The highest BCUT2D eigenvalue weighted by Crippen LogP contribution is 2.17. The molecule has 0 aliphatic carbocycles. The molecule has 0 aliphatic heterocycles. The quantitative estimate of drug-likeness (QED) is 0.391. The molecule has 134 valence electrons. The average Bonchev–Trinajstić information content (AvgIpc) is 3.05. The average molecular weight is 463 g/mol. The Morgan fingerprint density at radius 1 is 1.21 bits per heavy atom. The number of hydrogen-bond acceptors (Lipinski definition) is 5. The number of nitrogens with zero attached hydrogens (tertiary/aromatic N) is 3. The van der Waals surface area contributed by atoms with Crippen LogP contribution in [-0.2, 0) is 19.4 Å². The van der Waals surface area contributed by atoms with Crippen molar-refractivity contribution in [1.29, 1.82) is 0 Å². The Bertz CT molecular complexity index is 661. The molecule has 0 amide bonds. The predicted octanol–water partition coefficient (Wildman–Crippen LogP) is 3.14. The summed E-state index contributed by atoms with van der Waals surface area (Å²) in [6.07, 6.45) is 1.89. The van der Waals surface area contributed by atoms with E-state index in [4.69, 9.17) is 4.42 Å². The van der Waals surface area contributed by atoms with Crippen LogP contribution in [-0.4, -0.2) is 29.5 Å². The van der Waals surface area contributed by atoms with Crippen molar-refractivity contribution in [2.24, 2.45) is 4.99 Å². The Kier molecular flexibility index (Phi) is 8.68. The van der Waals surface area contributed by atoms with E-state index in [0.29, 0.717) is 12.4 Å². The van der Waals surface area contributed by atoms with Crippen LogP contribution in [0.1, 0.15) is 39.8 Å². The second-order valence-electron chi connectivity index (χ2n) is 5.32. The van der Waals surface area contributed by atoms with Crippen molar-refractivity contribution in [2.45, 2.75) is 47.1 Å². The van der Waals surface area contributed by atoms with Crippen LogP contribution in [0, 0.1) is 20.8 Å². The van der Waals surface area contributed by atoms with Gasteiger partial charge in [0, 0.05) is 24.9 Å². The lowest BCUT2D eigenvalue weighted by Crippen LogP contribution is -2.37. The van der Waals surface area contributed by atoms with Crippen molar-refractivity contribution in [3.05, 3.63) is 32.9 Å². The van der Waals surface area contributed by atoms with Gasteiger partial charge in [0.15, 0.2) is 5.96 Å². The summed E-state index contributed by atoms with van der Waals surface area (Å²) in [5.74, 6) is 2.27. The zero-order chi connectivity index (χ0) is 16.8. The Balaban J connectivity index is 0.00000288. The molecule has 2 heterocycles. The molecule has 2 aromatic heterocycles. The van der Waals surface area contributed by atoms with Crippen molar-refractivity contribution in [3.8, 4) is 0 Å². The topological polar surface area (TPSA) is 75.3 Å². The van der Waals surface area contributed by atoms with Crippen LogP contribution in [0.25, 0.3) is 0 Å². The monoisotopic (exact) mass is 463 g/mol. The zero-order valence-corrected chi connectivity index (χ0v) is 18.0. The minimum Gasteiger partial charge on any atom is -0.444 e. The van der Waals surface area contributed by atoms with Gasteiger partial charge in [-0.05, 0) is 27.2 Å². The fourth-order valence-electron chi connectivity index (χ4n) is 2.21. The first-order chi connectivity index (χ1) is 11.0. The lowest BCUT2D eigenvalue weighted by atomic mass is 10.3. The molecule has 0 aliphatic rings. The summed E-state index contributed by atoms with van der Waals surface area (Å²) in [6, 6.07) is 0. The van der Waals surface area contributed by atoms with Gasteiger partial charge < -0.3 is 15.1 Å². The highest BCUT2D eigenvalue weighted by molar-refractivity contribution is 14.0. The van der Waals surface area contributed by atoms with Gasteiger partial charge in [-0.25, -0.2) is 9.97 Å². The third kappa shape index (κ3) is 5.73. The van der Waals surface area contributed by atoms with E-state index in [1.807, 2.05) is 13.8 Å². The number of thiazole rings is 1. The van der Waals surface area contributed by atoms with Crippen LogP contribution in [0.15, 0.2) is 9.41 Å². The molecule has 0 unspecified atom stereocenters. The predicted molar refractivity (Wildman–Crippen MR) is 110 cm³/mol. The van der Waals surface area contributed by atoms with Gasteiger partial charge in [-0.2, -0.15) is 0 Å². The number of halogens is 1. The summed E-state index contributed by atoms with van der Waals surface area (Å²) in [6.45, 7) is 9.44. The van der Waals surface area contributed by atoms with E-state index in [0.717, 1.165) is 36.8 Å². The number of hydrogen-bond donors (Lipinski definition) is 2. The highest BCUT2D eigenvalue weighted by Gasteiger charge is 2.08. The summed E-state index contributed by atoms with van der Waals surface area (Å²) in [5, 5.41) is 7.67. The maximum Gasteiger partial charge on any atom is 0.214 e. The summed E-state index contributed by atoms with van der Waals surface area (Å²) in [7, 11) is 1.75. The highest BCUT2D eigenvalue weighted by atomic mass is 127. The van der Waals surface area contributed by atoms with E-state index < -0.39 is 0 Å². The molecular weight excluding hydrogens is 437 g/mol. The molecule has 0 spiro atoms. The molecule has 0 saturated heterocycles. The third-order valence-electron chi connectivity index (χ3n) is 3.61. The molecule has 2 N–H and O–H groups in total. The number of nitrogens with one attached hydrogen (secondary N) is 2. The molecule has 2 rings (SSSR count). The molecule has 2 aromatic rings. The van der Waals surface area contributed by atoms with E-state index in [2.05, 4.69) is 39.4 Å². The molecule has 8 heteroatoms. The Hall–Kier alpha value is -1.16. The Morgan fingerprint density at radius 3 is 2.50 bits per heavy atom. The van der Waals surface area contributed by atoms with E-state index in [-0.39, 0.29) is 24.0 Å². The summed E-state index contributed by atoms with van der Waals surface area (Å²) in [5.41, 5.74) is 2.14. The van der Waals surface area contributed by atoms with E-state index in [1.165, 1.54) is 15.6 Å². The molecular formula is C16H26IN5OS. The molecule has 0 saturated carbocycles. The van der Waals surface area contributed by atoms with Crippen LogP contribution < -0.4 is 10.6 Å². The summed E-state index contributed by atoms with van der Waals surface area (Å²) < 4.78 is 5.55. The van der Waals surface area contributed by atoms with E-state index in [1.54, 1.807) is 18.4 Å². The van der Waals surface area contributed by atoms with Gasteiger partial charge in [0.25, 0.3) is 0 Å². The number of aromatic nitrogens is 2. The maximum absolute atomic E-state index is 5.55. The molecule has 0 atom stereocenters. The first-order valence-electron chi connectivity index (χ1n) is 7.86. The van der Waals surface area contributed by atoms with E-state index in [9.17, 15) is 0 Å². The molecule has 0 radical (unpaired) electrons. The van der Waals surface area contributed by atoms with Gasteiger partial charge in [-0.3, -0.25) is 4.99 Å².